The molecule has 0 unspecified atom stereocenters. The summed E-state index contributed by atoms with van der Waals surface area (Å²) in [7, 11) is 1.42. The van der Waals surface area contributed by atoms with Crippen LogP contribution in [0.5, 0.6) is 11.5 Å². The van der Waals surface area contributed by atoms with Gasteiger partial charge in [-0.2, -0.15) is 5.26 Å². The van der Waals surface area contributed by atoms with E-state index >= 15 is 0 Å². The Kier molecular flexibility index (Phi) is 9.80. The van der Waals surface area contributed by atoms with Crippen molar-refractivity contribution in [3.05, 3.63) is 69.2 Å². The summed E-state index contributed by atoms with van der Waals surface area (Å²) in [6, 6.07) is 11.5. The normalized spacial score (nSPS) is 11.2. The fraction of sp³-hybridized carbons (Fsp3) is 0.208. The summed E-state index contributed by atoms with van der Waals surface area (Å²) in [4.78, 5) is 24.3. The maximum Gasteiger partial charge on any atom is 0.336 e. The molecule has 0 aromatic heterocycles. The smallest absolute Gasteiger partial charge is 0.336 e. The number of ether oxygens (including phenoxy) is 2. The quantitative estimate of drug-likeness (QED) is 0.172. The highest BCUT2D eigenvalue weighted by Gasteiger charge is 2.12. The zero-order valence-electron chi connectivity index (χ0n) is 17.7. The number of esters is 1. The summed E-state index contributed by atoms with van der Waals surface area (Å²) >= 11 is 11.9. The highest BCUT2D eigenvalue weighted by atomic mass is 35.5. The van der Waals surface area contributed by atoms with E-state index in [1.807, 2.05) is 13.0 Å². The van der Waals surface area contributed by atoms with Crippen molar-refractivity contribution in [2.75, 3.05) is 13.7 Å². The summed E-state index contributed by atoms with van der Waals surface area (Å²) in [6.07, 6.45) is 5.96. The summed E-state index contributed by atoms with van der Waals surface area (Å²) in [5, 5.41) is 12.9. The third-order valence-corrected chi connectivity index (χ3v) is 4.81. The first-order chi connectivity index (χ1) is 15.4. The predicted molar refractivity (Wildman–Crippen MR) is 126 cm³/mol. The minimum Gasteiger partial charge on any atom is -0.493 e. The molecule has 0 aliphatic heterocycles. The summed E-state index contributed by atoms with van der Waals surface area (Å²) in [6.45, 7) is 2.51. The van der Waals surface area contributed by atoms with Gasteiger partial charge in [-0.15, -0.1) is 0 Å². The average Bonchev–Trinajstić information content (AvgIpc) is 2.77. The van der Waals surface area contributed by atoms with Crippen LogP contribution in [-0.2, 0) is 9.59 Å². The number of nitrogens with zero attached hydrogens (tertiary/aromatic N) is 1. The van der Waals surface area contributed by atoms with E-state index in [9.17, 15) is 14.9 Å². The molecule has 0 saturated carbocycles. The number of rotatable bonds is 9. The van der Waals surface area contributed by atoms with Gasteiger partial charge in [0.2, 0.25) is 0 Å². The molecule has 0 aliphatic carbocycles. The van der Waals surface area contributed by atoms with E-state index in [-0.39, 0.29) is 17.1 Å². The Balaban J connectivity index is 2.14. The maximum atomic E-state index is 12.2. The van der Waals surface area contributed by atoms with Crippen LogP contribution in [0.25, 0.3) is 12.2 Å². The van der Waals surface area contributed by atoms with Crippen LogP contribution in [0.2, 0.25) is 10.0 Å². The molecule has 1 N–H and O–H groups in total. The number of hydrogen-bond donors (Lipinski definition) is 1. The van der Waals surface area contributed by atoms with Gasteiger partial charge in [-0.1, -0.05) is 48.7 Å². The Morgan fingerprint density at radius 3 is 2.59 bits per heavy atom. The molecule has 0 radical (unpaired) electrons. The van der Waals surface area contributed by atoms with Crippen molar-refractivity contribution in [3.8, 4) is 17.6 Å². The lowest BCUT2D eigenvalue weighted by Gasteiger charge is -2.09. The minimum atomic E-state index is -0.634. The maximum absolute atomic E-state index is 12.2. The van der Waals surface area contributed by atoms with Gasteiger partial charge in [0.15, 0.2) is 11.5 Å². The van der Waals surface area contributed by atoms with Crippen molar-refractivity contribution < 1.29 is 19.1 Å². The third-order valence-electron chi connectivity index (χ3n) is 4.25. The number of methoxy groups -OCH3 is 1. The van der Waals surface area contributed by atoms with Crippen molar-refractivity contribution in [2.24, 2.45) is 0 Å². The van der Waals surface area contributed by atoms with Gasteiger partial charge in [-0.3, -0.25) is 4.79 Å². The van der Waals surface area contributed by atoms with E-state index in [1.54, 1.807) is 30.3 Å². The summed E-state index contributed by atoms with van der Waals surface area (Å²) in [5.74, 6) is -0.617. The molecule has 6 nitrogen and oxygen atoms in total. The van der Waals surface area contributed by atoms with Gasteiger partial charge in [-0.05, 0) is 54.0 Å². The fourth-order valence-electron chi connectivity index (χ4n) is 2.58. The van der Waals surface area contributed by atoms with Gasteiger partial charge < -0.3 is 14.8 Å². The second-order valence-corrected chi connectivity index (χ2v) is 7.45. The van der Waals surface area contributed by atoms with Gasteiger partial charge >= 0.3 is 5.97 Å². The lowest BCUT2D eigenvalue weighted by Crippen LogP contribution is -2.25. The van der Waals surface area contributed by atoms with Crippen LogP contribution in [0.1, 0.15) is 30.9 Å². The zero-order valence-corrected chi connectivity index (χ0v) is 19.2. The van der Waals surface area contributed by atoms with E-state index in [4.69, 9.17) is 32.7 Å². The molecule has 0 atom stereocenters. The molecule has 0 fully saturated rings. The van der Waals surface area contributed by atoms with Crippen LogP contribution in [0.4, 0.5) is 0 Å². The van der Waals surface area contributed by atoms with Crippen molar-refractivity contribution in [2.45, 2.75) is 19.8 Å². The molecule has 2 rings (SSSR count). The number of halogens is 2. The number of amides is 1. The van der Waals surface area contributed by atoms with Crippen LogP contribution < -0.4 is 14.8 Å². The van der Waals surface area contributed by atoms with Gasteiger partial charge in [0.05, 0.1) is 7.11 Å². The number of unbranched alkanes of at least 4 members (excludes halogenated alkanes) is 1. The lowest BCUT2D eigenvalue weighted by atomic mass is 10.1. The number of benzene rings is 2. The van der Waals surface area contributed by atoms with E-state index in [2.05, 4.69) is 5.32 Å². The Bertz CT molecular complexity index is 1090. The summed E-state index contributed by atoms with van der Waals surface area (Å²) in [5.41, 5.74) is 1.13. The van der Waals surface area contributed by atoms with Crippen molar-refractivity contribution >= 4 is 47.2 Å². The number of hydrogen-bond acceptors (Lipinski definition) is 5. The lowest BCUT2D eigenvalue weighted by molar-refractivity contribution is -0.129. The first kappa shape index (κ1) is 25.0. The van der Waals surface area contributed by atoms with Crippen LogP contribution >= 0.6 is 23.2 Å². The van der Waals surface area contributed by atoms with Crippen LogP contribution in [0.15, 0.2) is 48.0 Å². The molecule has 1 amide bonds. The van der Waals surface area contributed by atoms with E-state index in [1.165, 1.54) is 31.4 Å². The van der Waals surface area contributed by atoms with Crippen molar-refractivity contribution in [3.63, 3.8) is 0 Å². The molecule has 32 heavy (non-hydrogen) atoms. The molecule has 0 spiro atoms. The number of carbonyl (C=O) groups is 2. The first-order valence-corrected chi connectivity index (χ1v) is 10.6. The topological polar surface area (TPSA) is 88.4 Å². The Morgan fingerprint density at radius 1 is 1.16 bits per heavy atom. The van der Waals surface area contributed by atoms with Crippen LogP contribution in [0, 0.1) is 11.3 Å². The number of nitriles is 1. The minimum absolute atomic E-state index is 0.0318. The highest BCUT2D eigenvalue weighted by molar-refractivity contribution is 6.35. The predicted octanol–water partition coefficient (Wildman–Crippen LogP) is 5.44. The molecule has 0 aliphatic rings. The second kappa shape index (κ2) is 12.6. The van der Waals surface area contributed by atoms with Gasteiger partial charge in [0.25, 0.3) is 5.91 Å². The zero-order chi connectivity index (χ0) is 23.5. The standard InChI is InChI=1S/C24H22Cl2N2O4/c1-3-4-11-28-24(30)18(15-27)12-16-5-9-21(22(13-16)31-2)32-23(29)10-7-17-6-8-19(25)14-20(17)26/h5-10,12-14H,3-4,11H2,1-2H3,(H,28,30)/b10-7+,18-12+. The average molecular weight is 473 g/mol. The van der Waals surface area contributed by atoms with Gasteiger partial charge in [0, 0.05) is 22.7 Å². The van der Waals surface area contributed by atoms with E-state index in [0.29, 0.717) is 27.7 Å². The van der Waals surface area contributed by atoms with Gasteiger partial charge in [0.1, 0.15) is 11.6 Å². The number of carbonyl (C=O) groups excluding carboxylic acids is 2. The van der Waals surface area contributed by atoms with Crippen LogP contribution in [0.3, 0.4) is 0 Å². The van der Waals surface area contributed by atoms with Crippen LogP contribution in [-0.4, -0.2) is 25.5 Å². The molecule has 2 aromatic rings. The second-order valence-electron chi connectivity index (χ2n) is 6.61. The first-order valence-electron chi connectivity index (χ1n) is 9.81. The molecule has 0 saturated heterocycles. The fourth-order valence-corrected chi connectivity index (χ4v) is 3.06. The van der Waals surface area contributed by atoms with Crippen molar-refractivity contribution in [1.29, 1.82) is 5.26 Å². The SMILES string of the molecule is CCCCNC(=O)/C(C#N)=C/c1ccc(OC(=O)/C=C/c2ccc(Cl)cc2Cl)c(OC)c1. The van der Waals surface area contributed by atoms with Gasteiger partial charge in [-0.25, -0.2) is 4.79 Å². The molecular formula is C24H22Cl2N2O4. The van der Waals surface area contributed by atoms with Crippen molar-refractivity contribution in [1.82, 2.24) is 5.32 Å². The Hall–Kier alpha value is -3.27. The molecule has 0 heterocycles. The highest BCUT2D eigenvalue weighted by Crippen LogP contribution is 2.29. The molecular weight excluding hydrogens is 451 g/mol. The monoisotopic (exact) mass is 472 g/mol. The third kappa shape index (κ3) is 7.45. The Labute approximate surface area is 197 Å². The molecule has 2 aromatic carbocycles. The molecule has 8 heteroatoms. The largest absolute Gasteiger partial charge is 0.493 e. The summed E-state index contributed by atoms with van der Waals surface area (Å²) < 4.78 is 10.6. The number of nitrogens with one attached hydrogen (secondary N) is 1. The Morgan fingerprint density at radius 2 is 1.94 bits per heavy atom. The molecule has 166 valence electrons. The van der Waals surface area contributed by atoms with E-state index in [0.717, 1.165) is 12.8 Å². The van der Waals surface area contributed by atoms with E-state index < -0.39 is 11.9 Å². The molecule has 0 bridgehead atoms.